The van der Waals surface area contributed by atoms with Crippen molar-refractivity contribution in [1.82, 2.24) is 9.97 Å². The molecule has 3 aromatic rings. The summed E-state index contributed by atoms with van der Waals surface area (Å²) in [6.07, 6.45) is 4.92. The maximum absolute atomic E-state index is 12.4. The van der Waals surface area contributed by atoms with E-state index in [0.717, 1.165) is 5.22 Å². The average Bonchev–Trinajstić information content (AvgIpc) is 3.27. The highest BCUT2D eigenvalue weighted by atomic mass is 32.1. The molecule has 5 rings (SSSR count). The number of aromatic hydroxyl groups is 1. The molecule has 8 nitrogen and oxygen atoms in total. The van der Waals surface area contributed by atoms with Crippen molar-refractivity contribution in [1.29, 1.82) is 0 Å². The minimum atomic E-state index is -0.404. The number of pyridine rings is 1. The van der Waals surface area contributed by atoms with Gasteiger partial charge in [-0.15, -0.1) is 0 Å². The summed E-state index contributed by atoms with van der Waals surface area (Å²) >= 11 is 1.20. The summed E-state index contributed by atoms with van der Waals surface area (Å²) in [5.41, 5.74) is 0.342. The van der Waals surface area contributed by atoms with E-state index in [-0.39, 0.29) is 12.7 Å². The number of thiazole rings is 1. The first-order valence-electron chi connectivity index (χ1n) is 8.30. The van der Waals surface area contributed by atoms with Crippen LogP contribution in [0.25, 0.3) is 12.2 Å². The predicted molar refractivity (Wildman–Crippen MR) is 102 cm³/mol. The van der Waals surface area contributed by atoms with Crippen molar-refractivity contribution < 1.29 is 19.4 Å². The zero-order valence-electron chi connectivity index (χ0n) is 14.2. The van der Waals surface area contributed by atoms with Gasteiger partial charge in [0.25, 0.3) is 5.91 Å². The molecule has 4 heterocycles. The molecule has 138 valence electrons. The second-order valence-electron chi connectivity index (χ2n) is 5.97. The van der Waals surface area contributed by atoms with Gasteiger partial charge in [-0.2, -0.15) is 4.98 Å². The Morgan fingerprint density at radius 3 is 2.89 bits per heavy atom. The number of carbonyl (C=O) groups is 1. The molecule has 0 saturated heterocycles. The van der Waals surface area contributed by atoms with E-state index < -0.39 is 5.91 Å². The first kappa shape index (κ1) is 16.5. The number of benzene rings is 1. The van der Waals surface area contributed by atoms with E-state index in [0.29, 0.717) is 38.3 Å². The van der Waals surface area contributed by atoms with Crippen LogP contribution in [0.1, 0.15) is 4.88 Å². The van der Waals surface area contributed by atoms with E-state index in [9.17, 15) is 9.90 Å². The molecule has 0 unspecified atom stereocenters. The molecule has 1 amide bonds. The third-order valence-corrected chi connectivity index (χ3v) is 5.03. The summed E-state index contributed by atoms with van der Waals surface area (Å²) < 4.78 is 10.7. The molecule has 2 N–H and O–H groups in total. The van der Waals surface area contributed by atoms with Crippen LogP contribution in [0.2, 0.25) is 0 Å². The number of fused-ring (bicyclic) bond motifs is 2. The Morgan fingerprint density at radius 2 is 2.07 bits per heavy atom. The van der Waals surface area contributed by atoms with Gasteiger partial charge in [0.1, 0.15) is 5.82 Å². The lowest BCUT2D eigenvalue weighted by Gasteiger charge is -2.04. The molecule has 0 radical (unpaired) electrons. The second kappa shape index (κ2) is 6.46. The minimum Gasteiger partial charge on any atom is -0.492 e. The monoisotopic (exact) mass is 392 g/mol. The summed E-state index contributed by atoms with van der Waals surface area (Å²) in [7, 11) is 0. The van der Waals surface area contributed by atoms with Gasteiger partial charge >= 0.3 is 0 Å². The number of ether oxygens (including phenoxy) is 2. The number of nitrogens with one attached hydrogen (secondary N) is 1. The third kappa shape index (κ3) is 2.97. The molecule has 28 heavy (non-hydrogen) atoms. The van der Waals surface area contributed by atoms with Crippen molar-refractivity contribution in [3.8, 4) is 17.4 Å². The molecule has 2 aliphatic rings. The van der Waals surface area contributed by atoms with Gasteiger partial charge in [0, 0.05) is 23.1 Å². The quantitative estimate of drug-likeness (QED) is 0.654. The Balaban J connectivity index is 1.50. The molecule has 0 spiro atoms. The highest BCUT2D eigenvalue weighted by Gasteiger charge is 2.18. The van der Waals surface area contributed by atoms with Gasteiger partial charge in [-0.3, -0.25) is 4.79 Å². The SMILES string of the molecule is O=C1N=c2cc3c(cc2=C/C1=C/c1sc(Nc2ccccn2)nc1O)OCO3. The molecule has 2 aliphatic heterocycles. The van der Waals surface area contributed by atoms with E-state index >= 15 is 0 Å². The summed E-state index contributed by atoms with van der Waals surface area (Å²) in [6, 6.07) is 8.89. The Hall–Kier alpha value is -3.72. The zero-order chi connectivity index (χ0) is 19.1. The molecular weight excluding hydrogens is 380 g/mol. The highest BCUT2D eigenvalue weighted by Crippen LogP contribution is 2.32. The maximum Gasteiger partial charge on any atom is 0.277 e. The van der Waals surface area contributed by atoms with Crippen LogP contribution in [0.4, 0.5) is 10.9 Å². The van der Waals surface area contributed by atoms with Crippen LogP contribution in [0.15, 0.2) is 47.1 Å². The van der Waals surface area contributed by atoms with E-state index in [1.807, 2.05) is 6.07 Å². The molecule has 0 bridgehead atoms. The Kier molecular flexibility index (Phi) is 3.80. The average molecular weight is 392 g/mol. The normalized spacial score (nSPS) is 15.7. The lowest BCUT2D eigenvalue weighted by molar-refractivity contribution is -0.114. The van der Waals surface area contributed by atoms with Crippen LogP contribution in [0, 0.1) is 0 Å². The minimum absolute atomic E-state index is 0.148. The van der Waals surface area contributed by atoms with Crippen molar-refractivity contribution >= 4 is 40.3 Å². The number of nitrogens with zero attached hydrogens (tertiary/aromatic N) is 3. The number of carbonyl (C=O) groups excluding carboxylic acids is 1. The maximum atomic E-state index is 12.4. The zero-order valence-corrected chi connectivity index (χ0v) is 15.1. The number of rotatable bonds is 3. The molecule has 0 saturated carbocycles. The Bertz CT molecular complexity index is 1250. The first-order chi connectivity index (χ1) is 13.7. The molecule has 2 aromatic heterocycles. The standard InChI is InChI=1S/C19H12N4O4S/c24-17-11(5-10-6-13-14(27-9-26-13)8-12(10)21-17)7-15-18(25)23-19(28-15)22-16-3-1-2-4-20-16/h1-8,25H,9H2,(H,20,22,23)/b11-7-. The summed E-state index contributed by atoms with van der Waals surface area (Å²) in [6.45, 7) is 0.148. The van der Waals surface area contributed by atoms with Crippen LogP contribution in [-0.4, -0.2) is 27.8 Å². The van der Waals surface area contributed by atoms with Gasteiger partial charge in [0.15, 0.2) is 16.6 Å². The second-order valence-corrected chi connectivity index (χ2v) is 7.00. The van der Waals surface area contributed by atoms with Crippen molar-refractivity contribution in [2.75, 3.05) is 12.1 Å². The fourth-order valence-electron chi connectivity index (χ4n) is 2.82. The molecular formula is C19H12N4O4S. The summed E-state index contributed by atoms with van der Waals surface area (Å²) in [5, 5.41) is 14.9. The van der Waals surface area contributed by atoms with Gasteiger partial charge in [-0.05, 0) is 30.4 Å². The number of hydrogen-bond donors (Lipinski definition) is 2. The van der Waals surface area contributed by atoms with Crippen LogP contribution < -0.4 is 25.4 Å². The van der Waals surface area contributed by atoms with Gasteiger partial charge in [-0.1, -0.05) is 17.4 Å². The fourth-order valence-corrected chi connectivity index (χ4v) is 3.64. The van der Waals surface area contributed by atoms with Crippen LogP contribution in [-0.2, 0) is 4.79 Å². The molecule has 0 atom stereocenters. The van der Waals surface area contributed by atoms with Crippen LogP contribution in [0.5, 0.6) is 17.4 Å². The number of hydrogen-bond acceptors (Lipinski definition) is 8. The largest absolute Gasteiger partial charge is 0.492 e. The van der Waals surface area contributed by atoms with Crippen molar-refractivity contribution in [3.05, 3.63) is 57.6 Å². The molecule has 0 fully saturated rings. The van der Waals surface area contributed by atoms with E-state index in [1.165, 1.54) is 11.3 Å². The van der Waals surface area contributed by atoms with Gasteiger partial charge < -0.3 is 19.9 Å². The number of anilines is 2. The van der Waals surface area contributed by atoms with Gasteiger partial charge in [0.2, 0.25) is 12.7 Å². The number of aromatic nitrogens is 2. The smallest absolute Gasteiger partial charge is 0.277 e. The lowest BCUT2D eigenvalue weighted by atomic mass is 10.1. The predicted octanol–water partition coefficient (Wildman–Crippen LogP) is 1.74. The van der Waals surface area contributed by atoms with Crippen LogP contribution in [0.3, 0.4) is 0 Å². The van der Waals surface area contributed by atoms with Gasteiger partial charge in [-0.25, -0.2) is 9.98 Å². The van der Waals surface area contributed by atoms with E-state index in [1.54, 1.807) is 42.6 Å². The summed E-state index contributed by atoms with van der Waals surface area (Å²) in [4.78, 5) is 25.2. The van der Waals surface area contributed by atoms with Crippen molar-refractivity contribution in [2.45, 2.75) is 0 Å². The first-order valence-corrected chi connectivity index (χ1v) is 9.11. The number of amides is 1. The lowest BCUT2D eigenvalue weighted by Crippen LogP contribution is -2.30. The Morgan fingerprint density at radius 1 is 1.21 bits per heavy atom. The summed E-state index contributed by atoms with van der Waals surface area (Å²) in [5.74, 6) is 1.21. The molecule has 9 heteroatoms. The van der Waals surface area contributed by atoms with Crippen molar-refractivity contribution in [2.24, 2.45) is 4.99 Å². The van der Waals surface area contributed by atoms with E-state index in [2.05, 4.69) is 20.3 Å². The Labute approximate surface area is 162 Å². The van der Waals surface area contributed by atoms with Crippen molar-refractivity contribution in [3.63, 3.8) is 0 Å². The molecule has 0 aliphatic carbocycles. The molecule has 1 aromatic carbocycles. The van der Waals surface area contributed by atoms with Gasteiger partial charge in [0.05, 0.1) is 10.2 Å². The third-order valence-electron chi connectivity index (χ3n) is 4.12. The topological polar surface area (TPSA) is 106 Å². The van der Waals surface area contributed by atoms with E-state index in [4.69, 9.17) is 9.47 Å². The van der Waals surface area contributed by atoms with Crippen LogP contribution >= 0.6 is 11.3 Å². The fraction of sp³-hybridized carbons (Fsp3) is 0.0526. The highest BCUT2D eigenvalue weighted by molar-refractivity contribution is 7.16.